The van der Waals surface area contributed by atoms with Gasteiger partial charge in [-0.1, -0.05) is 27.5 Å². The predicted octanol–water partition coefficient (Wildman–Crippen LogP) is 5.34. The number of alkyl halides is 1. The van der Waals surface area contributed by atoms with Gasteiger partial charge in [0, 0.05) is 21.1 Å². The first kappa shape index (κ1) is 14.9. The molecule has 0 N–H and O–H groups in total. The molecule has 0 spiro atoms. The fourth-order valence-corrected chi connectivity index (χ4v) is 3.20. The maximum Gasteiger partial charge on any atom is 0.162 e. The van der Waals surface area contributed by atoms with E-state index in [4.69, 9.17) is 32.7 Å². The molecule has 0 fully saturated rings. The fraction of sp³-hybridized carbons (Fsp3) is 0.200. The Morgan fingerprint density at radius 3 is 2.43 bits per heavy atom. The Kier molecular flexibility index (Phi) is 4.29. The van der Waals surface area contributed by atoms with E-state index in [1.807, 2.05) is 0 Å². The van der Waals surface area contributed by atoms with Gasteiger partial charge in [-0.05, 0) is 29.8 Å². The maximum absolute atomic E-state index is 14.0. The van der Waals surface area contributed by atoms with E-state index in [1.54, 1.807) is 24.3 Å². The zero-order valence-electron chi connectivity index (χ0n) is 10.7. The van der Waals surface area contributed by atoms with Gasteiger partial charge < -0.3 is 9.47 Å². The summed E-state index contributed by atoms with van der Waals surface area (Å²) >= 11 is 16.0. The van der Waals surface area contributed by atoms with Crippen LogP contribution in [0.5, 0.6) is 11.5 Å². The van der Waals surface area contributed by atoms with Crippen molar-refractivity contribution in [2.24, 2.45) is 0 Å². The molecule has 0 radical (unpaired) electrons. The van der Waals surface area contributed by atoms with Crippen molar-refractivity contribution in [1.29, 1.82) is 0 Å². The van der Waals surface area contributed by atoms with Gasteiger partial charge in [-0.15, -0.1) is 11.6 Å². The third kappa shape index (κ3) is 2.98. The van der Waals surface area contributed by atoms with Crippen LogP contribution in [0.2, 0.25) is 5.02 Å². The Balaban J connectivity index is 2.05. The average Bonchev–Trinajstić information content (AvgIpc) is 2.48. The summed E-state index contributed by atoms with van der Waals surface area (Å²) in [5, 5.41) is -0.301. The smallest absolute Gasteiger partial charge is 0.162 e. The molecule has 3 rings (SSSR count). The highest BCUT2D eigenvalue weighted by atomic mass is 79.9. The second-order valence-corrected chi connectivity index (χ2v) is 6.31. The summed E-state index contributed by atoms with van der Waals surface area (Å²) in [5.74, 6) is 0.763. The Bertz CT molecular complexity index is 694. The largest absolute Gasteiger partial charge is 0.486 e. The summed E-state index contributed by atoms with van der Waals surface area (Å²) in [6.45, 7) is 0.944. The van der Waals surface area contributed by atoms with Crippen LogP contribution in [0.4, 0.5) is 4.39 Å². The molecule has 2 aromatic carbocycles. The molecule has 0 bridgehead atoms. The standard InChI is InChI=1S/C15H10BrCl2FO2/c16-8-1-2-12(19)10(5-8)15(18)9-6-13-14(7-11(9)17)21-4-3-20-13/h1-2,5-7,15H,3-4H2. The topological polar surface area (TPSA) is 18.5 Å². The molecule has 1 atom stereocenters. The lowest BCUT2D eigenvalue weighted by atomic mass is 10.0. The molecule has 21 heavy (non-hydrogen) atoms. The van der Waals surface area contributed by atoms with Crippen molar-refractivity contribution >= 4 is 39.1 Å². The third-order valence-corrected chi connectivity index (χ3v) is 4.46. The molecule has 1 aliphatic rings. The lowest BCUT2D eigenvalue weighted by Gasteiger charge is -2.21. The quantitative estimate of drug-likeness (QED) is 0.643. The van der Waals surface area contributed by atoms with Crippen LogP contribution in [0.15, 0.2) is 34.8 Å². The number of rotatable bonds is 2. The zero-order chi connectivity index (χ0) is 15.0. The molecule has 0 saturated carbocycles. The van der Waals surface area contributed by atoms with Crippen LogP contribution in [0.25, 0.3) is 0 Å². The molecular weight excluding hydrogens is 382 g/mol. The summed E-state index contributed by atoms with van der Waals surface area (Å²) in [6.07, 6.45) is 0. The van der Waals surface area contributed by atoms with Crippen LogP contribution in [-0.2, 0) is 0 Å². The Morgan fingerprint density at radius 2 is 1.71 bits per heavy atom. The fourth-order valence-electron chi connectivity index (χ4n) is 2.15. The molecule has 2 nitrogen and oxygen atoms in total. The molecule has 0 saturated heterocycles. The van der Waals surface area contributed by atoms with Gasteiger partial charge in [0.1, 0.15) is 19.0 Å². The van der Waals surface area contributed by atoms with Crippen LogP contribution in [0.1, 0.15) is 16.5 Å². The monoisotopic (exact) mass is 390 g/mol. The number of benzene rings is 2. The molecule has 1 unspecified atom stereocenters. The van der Waals surface area contributed by atoms with E-state index >= 15 is 0 Å². The highest BCUT2D eigenvalue weighted by Gasteiger charge is 2.22. The van der Waals surface area contributed by atoms with E-state index in [0.29, 0.717) is 40.9 Å². The van der Waals surface area contributed by atoms with Crippen LogP contribution in [-0.4, -0.2) is 13.2 Å². The molecule has 110 valence electrons. The van der Waals surface area contributed by atoms with Crippen LogP contribution < -0.4 is 9.47 Å². The minimum absolute atomic E-state index is 0.351. The number of fused-ring (bicyclic) bond motifs is 1. The maximum atomic E-state index is 14.0. The van der Waals surface area contributed by atoms with Crippen molar-refractivity contribution in [1.82, 2.24) is 0 Å². The van der Waals surface area contributed by atoms with Crippen molar-refractivity contribution in [3.63, 3.8) is 0 Å². The second-order valence-electron chi connectivity index (χ2n) is 4.55. The van der Waals surface area contributed by atoms with Gasteiger partial charge in [0.25, 0.3) is 0 Å². The van der Waals surface area contributed by atoms with Crippen molar-refractivity contribution < 1.29 is 13.9 Å². The molecule has 1 heterocycles. The first-order chi connectivity index (χ1) is 10.1. The number of hydrogen-bond acceptors (Lipinski definition) is 2. The molecule has 0 aliphatic carbocycles. The lowest BCUT2D eigenvalue weighted by molar-refractivity contribution is 0.171. The summed E-state index contributed by atoms with van der Waals surface area (Å²) in [4.78, 5) is 0. The second kappa shape index (κ2) is 6.03. The minimum atomic E-state index is -0.717. The summed E-state index contributed by atoms with van der Waals surface area (Å²) in [7, 11) is 0. The SMILES string of the molecule is Fc1ccc(Br)cc1C(Cl)c1cc2c(cc1Cl)OCCO2. The van der Waals surface area contributed by atoms with Gasteiger partial charge in [0.2, 0.25) is 0 Å². The van der Waals surface area contributed by atoms with Crippen molar-refractivity contribution in [2.45, 2.75) is 5.38 Å². The van der Waals surface area contributed by atoms with Crippen molar-refractivity contribution in [2.75, 3.05) is 13.2 Å². The first-order valence-corrected chi connectivity index (χ1v) is 7.85. The predicted molar refractivity (Wildman–Crippen MR) is 84.2 cm³/mol. The van der Waals surface area contributed by atoms with Gasteiger partial charge in [-0.25, -0.2) is 4.39 Å². The van der Waals surface area contributed by atoms with Crippen molar-refractivity contribution in [3.05, 3.63) is 56.8 Å². The summed E-state index contributed by atoms with van der Waals surface area (Å²) in [5.41, 5.74) is 0.934. The summed E-state index contributed by atoms with van der Waals surface area (Å²) in [6, 6.07) is 7.97. The van der Waals surface area contributed by atoms with Gasteiger partial charge in [0.05, 0.1) is 5.38 Å². The Hall–Kier alpha value is -0.970. The lowest BCUT2D eigenvalue weighted by Crippen LogP contribution is -2.15. The van der Waals surface area contributed by atoms with Crippen molar-refractivity contribution in [3.8, 4) is 11.5 Å². The molecule has 0 amide bonds. The van der Waals surface area contributed by atoms with E-state index < -0.39 is 5.38 Å². The van der Waals surface area contributed by atoms with Crippen LogP contribution >= 0.6 is 39.1 Å². The van der Waals surface area contributed by atoms with E-state index in [-0.39, 0.29) is 5.82 Å². The number of halogens is 4. The minimum Gasteiger partial charge on any atom is -0.486 e. The third-order valence-electron chi connectivity index (χ3n) is 3.17. The average molecular weight is 392 g/mol. The van der Waals surface area contributed by atoms with E-state index in [0.717, 1.165) is 4.47 Å². The normalized spacial score (nSPS) is 14.9. The summed E-state index contributed by atoms with van der Waals surface area (Å²) < 4.78 is 25.7. The number of hydrogen-bond donors (Lipinski definition) is 0. The molecule has 2 aromatic rings. The molecular formula is C15H10BrCl2FO2. The Labute approximate surface area is 139 Å². The highest BCUT2D eigenvalue weighted by Crippen LogP contribution is 2.42. The Morgan fingerprint density at radius 1 is 1.05 bits per heavy atom. The molecule has 1 aliphatic heterocycles. The zero-order valence-corrected chi connectivity index (χ0v) is 13.8. The van der Waals surface area contributed by atoms with Gasteiger partial charge in [0.15, 0.2) is 11.5 Å². The van der Waals surface area contributed by atoms with Crippen LogP contribution in [0.3, 0.4) is 0 Å². The van der Waals surface area contributed by atoms with Gasteiger partial charge in [-0.2, -0.15) is 0 Å². The van der Waals surface area contributed by atoms with Gasteiger partial charge in [-0.3, -0.25) is 0 Å². The highest BCUT2D eigenvalue weighted by molar-refractivity contribution is 9.10. The first-order valence-electron chi connectivity index (χ1n) is 6.24. The van der Waals surface area contributed by atoms with Crippen LogP contribution in [0, 0.1) is 5.82 Å². The molecule has 6 heteroatoms. The van der Waals surface area contributed by atoms with E-state index in [9.17, 15) is 4.39 Å². The van der Waals surface area contributed by atoms with E-state index in [1.165, 1.54) is 6.07 Å². The van der Waals surface area contributed by atoms with Gasteiger partial charge >= 0.3 is 0 Å². The van der Waals surface area contributed by atoms with E-state index in [2.05, 4.69) is 15.9 Å². The molecule has 0 aromatic heterocycles. The number of ether oxygens (including phenoxy) is 2.